The van der Waals surface area contributed by atoms with Gasteiger partial charge in [0, 0.05) is 41.0 Å². The van der Waals surface area contributed by atoms with E-state index in [2.05, 4.69) is 15.6 Å². The number of guanidine groups is 1. The average Bonchev–Trinajstić information content (AvgIpc) is 2.51. The Labute approximate surface area is 125 Å². The summed E-state index contributed by atoms with van der Waals surface area (Å²) >= 11 is 0. The summed E-state index contributed by atoms with van der Waals surface area (Å²) in [6, 6.07) is 6.30. The van der Waals surface area contributed by atoms with Crippen molar-refractivity contribution in [2.24, 2.45) is 4.99 Å². The maximum absolute atomic E-state index is 12.9. The molecule has 0 aliphatic carbocycles. The first-order valence-electron chi connectivity index (χ1n) is 6.93. The topological polar surface area (TPSA) is 54.9 Å². The maximum atomic E-state index is 12.9. The van der Waals surface area contributed by atoms with E-state index in [0.29, 0.717) is 19.1 Å². The molecule has 0 saturated carbocycles. The summed E-state index contributed by atoms with van der Waals surface area (Å²) in [6.45, 7) is 2.04. The number of nitrogens with zero attached hydrogens (tertiary/aromatic N) is 1. The van der Waals surface area contributed by atoms with Crippen LogP contribution in [0.4, 0.5) is 4.39 Å². The van der Waals surface area contributed by atoms with Crippen LogP contribution in [0.3, 0.4) is 0 Å². The molecule has 1 aromatic carbocycles. The molecule has 1 aromatic rings. The molecule has 0 bridgehead atoms. The van der Waals surface area contributed by atoms with Crippen LogP contribution in [0.1, 0.15) is 18.1 Å². The highest BCUT2D eigenvalue weighted by molar-refractivity contribution is 5.79. The molecule has 0 saturated heterocycles. The van der Waals surface area contributed by atoms with Crippen LogP contribution >= 0.6 is 0 Å². The summed E-state index contributed by atoms with van der Waals surface area (Å²) < 4.78 is 23.3. The Bertz CT molecular complexity index is 423. The predicted molar refractivity (Wildman–Crippen MR) is 82.0 cm³/mol. The highest BCUT2D eigenvalue weighted by atomic mass is 19.1. The SMILES string of the molecule is CN=C(NCCCOC)NCC(OC)c1ccc(F)cc1. The molecule has 5 nitrogen and oxygen atoms in total. The van der Waals surface area contributed by atoms with Crippen molar-refractivity contribution in [2.45, 2.75) is 12.5 Å². The van der Waals surface area contributed by atoms with Gasteiger partial charge in [-0.1, -0.05) is 12.1 Å². The fourth-order valence-corrected chi connectivity index (χ4v) is 1.85. The lowest BCUT2D eigenvalue weighted by Crippen LogP contribution is -2.40. The van der Waals surface area contributed by atoms with E-state index < -0.39 is 0 Å². The van der Waals surface area contributed by atoms with Crippen molar-refractivity contribution in [3.63, 3.8) is 0 Å². The molecular weight excluding hydrogens is 273 g/mol. The smallest absolute Gasteiger partial charge is 0.191 e. The average molecular weight is 297 g/mol. The molecule has 0 amide bonds. The minimum Gasteiger partial charge on any atom is -0.385 e. The summed E-state index contributed by atoms with van der Waals surface area (Å²) in [7, 11) is 5.02. The lowest BCUT2D eigenvalue weighted by atomic mass is 10.1. The van der Waals surface area contributed by atoms with Crippen LogP contribution in [0, 0.1) is 5.82 Å². The first-order chi connectivity index (χ1) is 10.2. The highest BCUT2D eigenvalue weighted by Crippen LogP contribution is 2.15. The van der Waals surface area contributed by atoms with E-state index in [-0.39, 0.29) is 11.9 Å². The van der Waals surface area contributed by atoms with Crippen molar-refractivity contribution in [1.29, 1.82) is 0 Å². The predicted octanol–water partition coefficient (Wildman–Crippen LogP) is 1.71. The standard InChI is InChI=1S/C15H24FN3O2/c1-17-15(18-9-4-10-20-2)19-11-14(21-3)12-5-7-13(16)8-6-12/h5-8,14H,4,9-11H2,1-3H3,(H2,17,18,19). The molecule has 0 aliphatic rings. The molecule has 1 atom stereocenters. The van der Waals surface area contributed by atoms with Gasteiger partial charge in [0.05, 0.1) is 6.10 Å². The maximum Gasteiger partial charge on any atom is 0.191 e. The molecule has 0 heterocycles. The second kappa shape index (κ2) is 10.1. The number of halogens is 1. The molecule has 0 aliphatic heterocycles. The van der Waals surface area contributed by atoms with Gasteiger partial charge < -0.3 is 20.1 Å². The largest absolute Gasteiger partial charge is 0.385 e. The monoisotopic (exact) mass is 297 g/mol. The van der Waals surface area contributed by atoms with Crippen molar-refractivity contribution in [3.8, 4) is 0 Å². The van der Waals surface area contributed by atoms with Gasteiger partial charge >= 0.3 is 0 Å². The van der Waals surface area contributed by atoms with E-state index in [1.54, 1.807) is 33.4 Å². The Morgan fingerprint density at radius 3 is 2.52 bits per heavy atom. The molecule has 21 heavy (non-hydrogen) atoms. The molecule has 0 radical (unpaired) electrons. The quantitative estimate of drug-likeness (QED) is 0.436. The summed E-state index contributed by atoms with van der Waals surface area (Å²) in [5.41, 5.74) is 0.918. The summed E-state index contributed by atoms with van der Waals surface area (Å²) in [6.07, 6.45) is 0.742. The minimum absolute atomic E-state index is 0.164. The van der Waals surface area contributed by atoms with E-state index in [4.69, 9.17) is 9.47 Å². The highest BCUT2D eigenvalue weighted by Gasteiger charge is 2.11. The van der Waals surface area contributed by atoms with Crippen LogP contribution in [0.15, 0.2) is 29.3 Å². The molecule has 6 heteroatoms. The number of nitrogens with one attached hydrogen (secondary N) is 2. The van der Waals surface area contributed by atoms with Crippen LogP contribution in [0.25, 0.3) is 0 Å². The number of hydrogen-bond acceptors (Lipinski definition) is 3. The second-order valence-electron chi connectivity index (χ2n) is 4.50. The number of benzene rings is 1. The Morgan fingerprint density at radius 1 is 1.24 bits per heavy atom. The molecule has 1 unspecified atom stereocenters. The fourth-order valence-electron chi connectivity index (χ4n) is 1.85. The fraction of sp³-hybridized carbons (Fsp3) is 0.533. The van der Waals surface area contributed by atoms with Crippen LogP contribution in [-0.4, -0.2) is 46.9 Å². The van der Waals surface area contributed by atoms with Gasteiger partial charge in [0.15, 0.2) is 5.96 Å². The van der Waals surface area contributed by atoms with Crippen LogP contribution < -0.4 is 10.6 Å². The zero-order valence-electron chi connectivity index (χ0n) is 12.9. The third-order valence-electron chi connectivity index (χ3n) is 3.02. The van der Waals surface area contributed by atoms with Crippen LogP contribution in [-0.2, 0) is 9.47 Å². The van der Waals surface area contributed by atoms with E-state index in [0.717, 1.165) is 18.5 Å². The van der Waals surface area contributed by atoms with Gasteiger partial charge in [0.25, 0.3) is 0 Å². The Kier molecular flexibility index (Phi) is 8.38. The zero-order valence-corrected chi connectivity index (χ0v) is 12.9. The Balaban J connectivity index is 2.44. The van der Waals surface area contributed by atoms with E-state index in [9.17, 15) is 4.39 Å². The lowest BCUT2D eigenvalue weighted by Gasteiger charge is -2.18. The molecule has 0 fully saturated rings. The molecule has 118 valence electrons. The normalized spacial score (nSPS) is 13.0. The number of ether oxygens (including phenoxy) is 2. The number of rotatable bonds is 8. The van der Waals surface area contributed by atoms with Gasteiger partial charge in [-0.25, -0.2) is 4.39 Å². The molecule has 0 spiro atoms. The Hall–Kier alpha value is -1.66. The Morgan fingerprint density at radius 2 is 1.95 bits per heavy atom. The third-order valence-corrected chi connectivity index (χ3v) is 3.02. The van der Waals surface area contributed by atoms with Gasteiger partial charge in [-0.05, 0) is 24.1 Å². The van der Waals surface area contributed by atoms with Crippen LogP contribution in [0.5, 0.6) is 0 Å². The number of hydrogen-bond donors (Lipinski definition) is 2. The van der Waals surface area contributed by atoms with Crippen molar-refractivity contribution < 1.29 is 13.9 Å². The van der Waals surface area contributed by atoms with Crippen molar-refractivity contribution in [3.05, 3.63) is 35.6 Å². The van der Waals surface area contributed by atoms with E-state index in [1.165, 1.54) is 12.1 Å². The zero-order chi connectivity index (χ0) is 15.5. The van der Waals surface area contributed by atoms with Crippen LogP contribution in [0.2, 0.25) is 0 Å². The number of aliphatic imine (C=N–C) groups is 1. The first kappa shape index (κ1) is 17.4. The summed E-state index contributed by atoms with van der Waals surface area (Å²) in [5, 5.41) is 6.38. The van der Waals surface area contributed by atoms with Crippen molar-refractivity contribution >= 4 is 5.96 Å². The molecule has 2 N–H and O–H groups in total. The molecule has 0 aromatic heterocycles. The minimum atomic E-state index is -0.253. The van der Waals surface area contributed by atoms with Crippen molar-refractivity contribution in [1.82, 2.24) is 10.6 Å². The summed E-state index contributed by atoms with van der Waals surface area (Å²) in [4.78, 5) is 4.14. The molecular formula is C15H24FN3O2. The second-order valence-corrected chi connectivity index (χ2v) is 4.50. The lowest BCUT2D eigenvalue weighted by molar-refractivity contribution is 0.106. The van der Waals surface area contributed by atoms with E-state index >= 15 is 0 Å². The summed E-state index contributed by atoms with van der Waals surface area (Å²) in [5.74, 6) is 0.451. The van der Waals surface area contributed by atoms with Gasteiger partial charge in [0.2, 0.25) is 0 Å². The van der Waals surface area contributed by atoms with Gasteiger partial charge in [0.1, 0.15) is 5.82 Å². The molecule has 1 rings (SSSR count). The first-order valence-corrected chi connectivity index (χ1v) is 6.93. The van der Waals surface area contributed by atoms with Gasteiger partial charge in [-0.15, -0.1) is 0 Å². The van der Waals surface area contributed by atoms with Gasteiger partial charge in [-0.3, -0.25) is 4.99 Å². The van der Waals surface area contributed by atoms with Gasteiger partial charge in [-0.2, -0.15) is 0 Å². The van der Waals surface area contributed by atoms with E-state index in [1.807, 2.05) is 0 Å². The number of methoxy groups -OCH3 is 2. The van der Waals surface area contributed by atoms with Crippen molar-refractivity contribution in [2.75, 3.05) is 41.0 Å². The third kappa shape index (κ3) is 6.55.